The summed E-state index contributed by atoms with van der Waals surface area (Å²) in [4.78, 5) is 16.9. The molecule has 3 aromatic carbocycles. The second-order valence-electron chi connectivity index (χ2n) is 6.99. The number of benzene rings is 3. The molecule has 6 nitrogen and oxygen atoms in total. The van der Waals surface area contributed by atoms with E-state index in [1.807, 2.05) is 41.0 Å². The number of nitrogens with one attached hydrogen (secondary N) is 1. The van der Waals surface area contributed by atoms with Gasteiger partial charge in [-0.3, -0.25) is 4.79 Å². The molecule has 4 aromatic rings. The summed E-state index contributed by atoms with van der Waals surface area (Å²) < 4.78 is 13.4. The van der Waals surface area contributed by atoms with Crippen molar-refractivity contribution >= 4 is 40.1 Å². The minimum absolute atomic E-state index is 0.0957. The molecular formula is C24H21Cl2N3O3. The molecule has 0 spiro atoms. The molecule has 1 aromatic heterocycles. The Bertz CT molecular complexity index is 1190. The number of rotatable bonds is 9. The van der Waals surface area contributed by atoms with Crippen molar-refractivity contribution in [3.05, 3.63) is 88.7 Å². The molecule has 0 unspecified atom stereocenters. The van der Waals surface area contributed by atoms with Crippen molar-refractivity contribution in [2.75, 3.05) is 13.2 Å². The van der Waals surface area contributed by atoms with Crippen molar-refractivity contribution in [3.63, 3.8) is 0 Å². The molecule has 0 aliphatic carbocycles. The van der Waals surface area contributed by atoms with Crippen molar-refractivity contribution < 1.29 is 14.3 Å². The fourth-order valence-corrected chi connectivity index (χ4v) is 3.46. The van der Waals surface area contributed by atoms with Gasteiger partial charge in [0.15, 0.2) is 6.61 Å². The largest absolute Gasteiger partial charge is 0.492 e. The third-order valence-corrected chi connectivity index (χ3v) is 5.26. The van der Waals surface area contributed by atoms with Gasteiger partial charge >= 0.3 is 0 Å². The highest BCUT2D eigenvalue weighted by Crippen LogP contribution is 2.18. The lowest BCUT2D eigenvalue weighted by molar-refractivity contribution is -0.123. The summed E-state index contributed by atoms with van der Waals surface area (Å²) in [5.41, 5.74) is 1.84. The third-order valence-electron chi connectivity index (χ3n) is 4.76. The number of imidazole rings is 1. The lowest BCUT2D eigenvalue weighted by atomic mass is 10.3. The van der Waals surface area contributed by atoms with E-state index in [1.165, 1.54) is 0 Å². The van der Waals surface area contributed by atoms with Crippen LogP contribution in [0.1, 0.15) is 5.82 Å². The average molecular weight is 470 g/mol. The van der Waals surface area contributed by atoms with Gasteiger partial charge in [0.2, 0.25) is 0 Å². The predicted molar refractivity (Wildman–Crippen MR) is 125 cm³/mol. The van der Waals surface area contributed by atoms with E-state index in [9.17, 15) is 4.79 Å². The van der Waals surface area contributed by atoms with E-state index < -0.39 is 0 Å². The summed E-state index contributed by atoms with van der Waals surface area (Å²) in [6.07, 6.45) is 0. The van der Waals surface area contributed by atoms with Gasteiger partial charge in [0.25, 0.3) is 5.91 Å². The zero-order valence-electron chi connectivity index (χ0n) is 17.1. The lowest BCUT2D eigenvalue weighted by Crippen LogP contribution is -2.29. The first-order valence-corrected chi connectivity index (χ1v) is 10.8. The molecule has 0 aliphatic heterocycles. The van der Waals surface area contributed by atoms with Crippen LogP contribution >= 0.6 is 23.2 Å². The molecule has 1 amide bonds. The summed E-state index contributed by atoms with van der Waals surface area (Å²) in [6.45, 7) is 1.21. The first-order valence-electron chi connectivity index (χ1n) is 10.1. The van der Waals surface area contributed by atoms with Crippen molar-refractivity contribution in [2.45, 2.75) is 13.1 Å². The van der Waals surface area contributed by atoms with Crippen molar-refractivity contribution in [1.82, 2.24) is 14.9 Å². The summed E-state index contributed by atoms with van der Waals surface area (Å²) in [5, 5.41) is 4.14. The van der Waals surface area contributed by atoms with Gasteiger partial charge in [0.1, 0.15) is 23.9 Å². The molecule has 1 N–H and O–H groups in total. The van der Waals surface area contributed by atoms with Crippen LogP contribution in [0.3, 0.4) is 0 Å². The third kappa shape index (κ3) is 5.72. The Labute approximate surface area is 195 Å². The van der Waals surface area contributed by atoms with E-state index in [4.69, 9.17) is 32.7 Å². The van der Waals surface area contributed by atoms with E-state index in [0.29, 0.717) is 28.9 Å². The molecule has 0 saturated heterocycles. The van der Waals surface area contributed by atoms with E-state index in [1.54, 1.807) is 36.4 Å². The molecule has 8 heteroatoms. The fourth-order valence-electron chi connectivity index (χ4n) is 3.20. The predicted octanol–water partition coefficient (Wildman–Crippen LogP) is 5.12. The highest BCUT2D eigenvalue weighted by molar-refractivity contribution is 6.30. The Kier molecular flexibility index (Phi) is 7.14. The first kappa shape index (κ1) is 22.0. The average Bonchev–Trinajstić information content (AvgIpc) is 3.16. The lowest BCUT2D eigenvalue weighted by Gasteiger charge is -2.12. The van der Waals surface area contributed by atoms with Crippen LogP contribution in [-0.2, 0) is 17.9 Å². The van der Waals surface area contributed by atoms with Crippen LogP contribution in [0.4, 0.5) is 0 Å². The molecule has 0 bridgehead atoms. The number of aromatic nitrogens is 2. The molecule has 0 atom stereocenters. The number of ether oxygens (including phenoxy) is 2. The van der Waals surface area contributed by atoms with Gasteiger partial charge in [-0.2, -0.15) is 0 Å². The maximum atomic E-state index is 12.3. The Balaban J connectivity index is 1.37. The van der Waals surface area contributed by atoms with Crippen LogP contribution in [0.15, 0.2) is 72.8 Å². The number of carbonyl (C=O) groups excluding carboxylic acids is 1. The van der Waals surface area contributed by atoms with E-state index in [2.05, 4.69) is 10.3 Å². The highest BCUT2D eigenvalue weighted by atomic mass is 35.5. The zero-order valence-corrected chi connectivity index (χ0v) is 18.6. The van der Waals surface area contributed by atoms with Gasteiger partial charge in [-0.15, -0.1) is 0 Å². The first-order chi connectivity index (χ1) is 15.6. The number of carbonyl (C=O) groups is 1. The minimum atomic E-state index is -0.240. The van der Waals surface area contributed by atoms with Crippen LogP contribution in [0.25, 0.3) is 11.0 Å². The SMILES string of the molecule is O=C(COc1ccc(Cl)cc1)NCc1nc2ccccc2n1CCOc1ccc(Cl)cc1. The zero-order chi connectivity index (χ0) is 22.3. The van der Waals surface area contributed by atoms with Crippen molar-refractivity contribution in [1.29, 1.82) is 0 Å². The van der Waals surface area contributed by atoms with Gasteiger partial charge in [-0.1, -0.05) is 35.3 Å². The Morgan fingerprint density at radius 1 is 0.875 bits per heavy atom. The second-order valence-corrected chi connectivity index (χ2v) is 7.86. The quantitative estimate of drug-likeness (QED) is 0.369. The van der Waals surface area contributed by atoms with Crippen LogP contribution in [0, 0.1) is 0 Å². The number of halogens is 2. The van der Waals surface area contributed by atoms with Crippen molar-refractivity contribution in [3.8, 4) is 11.5 Å². The monoisotopic (exact) mass is 469 g/mol. The smallest absolute Gasteiger partial charge is 0.258 e. The topological polar surface area (TPSA) is 65.4 Å². The number of amides is 1. The number of nitrogens with zero attached hydrogens (tertiary/aromatic N) is 2. The maximum Gasteiger partial charge on any atom is 0.258 e. The summed E-state index contributed by atoms with van der Waals surface area (Å²) in [6, 6.07) is 21.9. The molecule has 0 fully saturated rings. The number of fused-ring (bicyclic) bond motifs is 1. The van der Waals surface area contributed by atoms with Crippen LogP contribution in [-0.4, -0.2) is 28.7 Å². The molecule has 0 saturated carbocycles. The number of hydrogen-bond donors (Lipinski definition) is 1. The standard InChI is InChI=1S/C24H21Cl2N3O3/c25-17-5-9-19(10-6-17)31-14-13-29-22-4-2-1-3-21(22)28-23(29)15-27-24(30)16-32-20-11-7-18(26)8-12-20/h1-12H,13-16H2,(H,27,30). The van der Waals surface area contributed by atoms with Crippen LogP contribution < -0.4 is 14.8 Å². The van der Waals surface area contributed by atoms with Gasteiger partial charge in [0.05, 0.1) is 24.1 Å². The van der Waals surface area contributed by atoms with E-state index >= 15 is 0 Å². The molecule has 0 aliphatic rings. The van der Waals surface area contributed by atoms with Gasteiger partial charge in [-0.25, -0.2) is 4.98 Å². The Morgan fingerprint density at radius 2 is 1.50 bits per heavy atom. The Hall–Kier alpha value is -3.22. The van der Waals surface area contributed by atoms with Crippen LogP contribution in [0.5, 0.6) is 11.5 Å². The normalized spacial score (nSPS) is 10.8. The summed E-state index contributed by atoms with van der Waals surface area (Å²) >= 11 is 11.8. The summed E-state index contributed by atoms with van der Waals surface area (Å²) in [7, 11) is 0. The van der Waals surface area contributed by atoms with Gasteiger partial charge < -0.3 is 19.4 Å². The molecule has 164 valence electrons. The van der Waals surface area contributed by atoms with Gasteiger partial charge in [0, 0.05) is 10.0 Å². The van der Waals surface area contributed by atoms with Crippen molar-refractivity contribution in [2.24, 2.45) is 0 Å². The van der Waals surface area contributed by atoms with Crippen LogP contribution in [0.2, 0.25) is 10.0 Å². The molecule has 1 heterocycles. The van der Waals surface area contributed by atoms with E-state index in [0.717, 1.165) is 22.6 Å². The number of hydrogen-bond acceptors (Lipinski definition) is 4. The summed E-state index contributed by atoms with van der Waals surface area (Å²) in [5.74, 6) is 1.82. The molecule has 32 heavy (non-hydrogen) atoms. The fraction of sp³-hybridized carbons (Fsp3) is 0.167. The molecular weight excluding hydrogens is 449 g/mol. The minimum Gasteiger partial charge on any atom is -0.492 e. The molecule has 4 rings (SSSR count). The molecule has 0 radical (unpaired) electrons. The maximum absolute atomic E-state index is 12.3. The number of para-hydroxylation sites is 2. The van der Waals surface area contributed by atoms with Gasteiger partial charge in [-0.05, 0) is 60.7 Å². The van der Waals surface area contributed by atoms with E-state index in [-0.39, 0.29) is 19.1 Å². The Morgan fingerprint density at radius 3 is 2.19 bits per heavy atom. The highest BCUT2D eigenvalue weighted by Gasteiger charge is 2.12. The second kappa shape index (κ2) is 10.4.